The largest absolute Gasteiger partial charge is 0.330 e. The number of rotatable bonds is 6. The molecule has 2 fully saturated rings. The van der Waals surface area contributed by atoms with Crippen molar-refractivity contribution in [3.8, 4) is 0 Å². The van der Waals surface area contributed by atoms with Crippen molar-refractivity contribution in [3.63, 3.8) is 0 Å². The standard InChI is InChI=1S/C15H30N2/c1-12(2)17(10-13-7-8-13)11-15-6-4-3-5-14(15)9-16/h12-15H,3-11,16H2,1-2H3. The van der Waals surface area contributed by atoms with Gasteiger partial charge in [0.25, 0.3) is 0 Å². The predicted octanol–water partition coefficient (Wildman–Crippen LogP) is 2.87. The van der Waals surface area contributed by atoms with Crippen LogP contribution in [-0.2, 0) is 0 Å². The van der Waals surface area contributed by atoms with Gasteiger partial charge in [-0.15, -0.1) is 0 Å². The highest BCUT2D eigenvalue weighted by atomic mass is 15.2. The molecule has 0 aromatic heterocycles. The molecule has 0 aromatic rings. The van der Waals surface area contributed by atoms with Crippen LogP contribution in [0.25, 0.3) is 0 Å². The second-order valence-electron chi connectivity index (χ2n) is 6.53. The summed E-state index contributed by atoms with van der Waals surface area (Å²) in [5, 5.41) is 0. The van der Waals surface area contributed by atoms with Crippen LogP contribution in [0.3, 0.4) is 0 Å². The number of hydrogen-bond donors (Lipinski definition) is 1. The topological polar surface area (TPSA) is 29.3 Å². The third-order valence-electron chi connectivity index (χ3n) is 4.76. The molecule has 0 aromatic carbocycles. The highest BCUT2D eigenvalue weighted by molar-refractivity contribution is 4.83. The van der Waals surface area contributed by atoms with E-state index in [4.69, 9.17) is 5.73 Å². The van der Waals surface area contributed by atoms with Gasteiger partial charge in [-0.25, -0.2) is 0 Å². The van der Waals surface area contributed by atoms with E-state index < -0.39 is 0 Å². The first kappa shape index (κ1) is 13.4. The third-order valence-corrected chi connectivity index (χ3v) is 4.76. The Bertz CT molecular complexity index is 223. The molecule has 100 valence electrons. The van der Waals surface area contributed by atoms with E-state index in [9.17, 15) is 0 Å². The molecule has 2 rings (SSSR count). The molecule has 0 amide bonds. The van der Waals surface area contributed by atoms with Crippen LogP contribution in [0.5, 0.6) is 0 Å². The van der Waals surface area contributed by atoms with Gasteiger partial charge in [0.15, 0.2) is 0 Å². The van der Waals surface area contributed by atoms with Crippen LogP contribution in [0.15, 0.2) is 0 Å². The average Bonchev–Trinajstić information content (AvgIpc) is 3.12. The van der Waals surface area contributed by atoms with Crippen LogP contribution in [0.1, 0.15) is 52.4 Å². The highest BCUT2D eigenvalue weighted by Crippen LogP contribution is 2.33. The van der Waals surface area contributed by atoms with Gasteiger partial charge in [-0.1, -0.05) is 12.8 Å². The lowest BCUT2D eigenvalue weighted by atomic mass is 9.79. The molecule has 2 unspecified atom stereocenters. The Labute approximate surface area is 107 Å². The van der Waals surface area contributed by atoms with Crippen LogP contribution in [0.4, 0.5) is 0 Å². The first-order valence-corrected chi connectivity index (χ1v) is 7.64. The normalized spacial score (nSPS) is 30.2. The van der Waals surface area contributed by atoms with Crippen LogP contribution < -0.4 is 5.73 Å². The summed E-state index contributed by atoms with van der Waals surface area (Å²) >= 11 is 0. The number of nitrogens with zero attached hydrogens (tertiary/aromatic N) is 1. The van der Waals surface area contributed by atoms with E-state index in [-0.39, 0.29) is 0 Å². The monoisotopic (exact) mass is 238 g/mol. The molecule has 0 aliphatic heterocycles. The minimum Gasteiger partial charge on any atom is -0.330 e. The maximum Gasteiger partial charge on any atom is 0.00388 e. The molecule has 0 heterocycles. The van der Waals surface area contributed by atoms with Crippen LogP contribution >= 0.6 is 0 Å². The van der Waals surface area contributed by atoms with E-state index in [1.807, 2.05) is 0 Å². The van der Waals surface area contributed by atoms with Crippen molar-refractivity contribution in [3.05, 3.63) is 0 Å². The molecule has 2 heteroatoms. The van der Waals surface area contributed by atoms with Gasteiger partial charge in [-0.2, -0.15) is 0 Å². The van der Waals surface area contributed by atoms with Gasteiger partial charge < -0.3 is 10.6 Å². The smallest absolute Gasteiger partial charge is 0.00388 e. The van der Waals surface area contributed by atoms with E-state index in [0.29, 0.717) is 6.04 Å². The fourth-order valence-corrected chi connectivity index (χ4v) is 3.26. The molecule has 0 bridgehead atoms. The lowest BCUT2D eigenvalue weighted by Gasteiger charge is -2.37. The van der Waals surface area contributed by atoms with Crippen molar-refractivity contribution in [2.24, 2.45) is 23.5 Å². The second-order valence-corrected chi connectivity index (χ2v) is 6.53. The van der Waals surface area contributed by atoms with Gasteiger partial charge >= 0.3 is 0 Å². The highest BCUT2D eigenvalue weighted by Gasteiger charge is 2.30. The quantitative estimate of drug-likeness (QED) is 0.771. The van der Waals surface area contributed by atoms with Crippen molar-refractivity contribution < 1.29 is 0 Å². The lowest BCUT2D eigenvalue weighted by Crippen LogP contribution is -2.41. The van der Waals surface area contributed by atoms with Gasteiger partial charge in [-0.05, 0) is 63.8 Å². The van der Waals surface area contributed by atoms with Crippen molar-refractivity contribution in [2.45, 2.75) is 58.4 Å². The van der Waals surface area contributed by atoms with Crippen molar-refractivity contribution in [2.75, 3.05) is 19.6 Å². The molecular formula is C15H30N2. The molecule has 0 saturated heterocycles. The fraction of sp³-hybridized carbons (Fsp3) is 1.00. The Morgan fingerprint density at radius 1 is 1.00 bits per heavy atom. The maximum atomic E-state index is 5.94. The molecule has 2 aliphatic rings. The summed E-state index contributed by atoms with van der Waals surface area (Å²) < 4.78 is 0. The van der Waals surface area contributed by atoms with Crippen LogP contribution in [0.2, 0.25) is 0 Å². The van der Waals surface area contributed by atoms with Crippen LogP contribution in [0, 0.1) is 17.8 Å². The van der Waals surface area contributed by atoms with Crippen LogP contribution in [-0.4, -0.2) is 30.6 Å². The summed E-state index contributed by atoms with van der Waals surface area (Å²) in [6, 6.07) is 0.705. The Hall–Kier alpha value is -0.0800. The second kappa shape index (κ2) is 6.19. The minimum atomic E-state index is 0.705. The number of nitrogens with two attached hydrogens (primary N) is 1. The first-order valence-electron chi connectivity index (χ1n) is 7.64. The van der Waals surface area contributed by atoms with Gasteiger partial charge in [0.2, 0.25) is 0 Å². The Balaban J connectivity index is 1.85. The van der Waals surface area contributed by atoms with Crippen molar-refractivity contribution in [1.82, 2.24) is 4.90 Å². The van der Waals surface area contributed by atoms with E-state index in [2.05, 4.69) is 18.7 Å². The van der Waals surface area contributed by atoms with E-state index in [0.717, 1.165) is 24.3 Å². The molecule has 2 saturated carbocycles. The first-order chi connectivity index (χ1) is 8.20. The summed E-state index contributed by atoms with van der Waals surface area (Å²) in [4.78, 5) is 2.72. The van der Waals surface area contributed by atoms with Gasteiger partial charge in [0.1, 0.15) is 0 Å². The Morgan fingerprint density at radius 3 is 2.18 bits per heavy atom. The molecule has 2 aliphatic carbocycles. The van der Waals surface area contributed by atoms with E-state index in [1.165, 1.54) is 51.6 Å². The minimum absolute atomic E-state index is 0.705. The number of hydrogen-bond acceptors (Lipinski definition) is 2. The molecular weight excluding hydrogens is 208 g/mol. The predicted molar refractivity (Wildman–Crippen MR) is 73.9 cm³/mol. The maximum absolute atomic E-state index is 5.94. The van der Waals surface area contributed by atoms with Crippen molar-refractivity contribution >= 4 is 0 Å². The summed E-state index contributed by atoms with van der Waals surface area (Å²) in [5.74, 6) is 2.68. The van der Waals surface area contributed by atoms with E-state index in [1.54, 1.807) is 0 Å². The Morgan fingerprint density at radius 2 is 1.65 bits per heavy atom. The molecule has 17 heavy (non-hydrogen) atoms. The van der Waals surface area contributed by atoms with Crippen molar-refractivity contribution in [1.29, 1.82) is 0 Å². The SMILES string of the molecule is CC(C)N(CC1CC1)CC1CCCCC1CN. The average molecular weight is 238 g/mol. The summed E-state index contributed by atoms with van der Waals surface area (Å²) in [7, 11) is 0. The Kier molecular flexibility index (Phi) is 4.87. The lowest BCUT2D eigenvalue weighted by molar-refractivity contribution is 0.126. The summed E-state index contributed by atoms with van der Waals surface area (Å²) in [5.41, 5.74) is 5.94. The fourth-order valence-electron chi connectivity index (χ4n) is 3.26. The van der Waals surface area contributed by atoms with Gasteiger partial charge in [0.05, 0.1) is 0 Å². The zero-order chi connectivity index (χ0) is 12.3. The third kappa shape index (κ3) is 3.96. The van der Waals surface area contributed by atoms with Gasteiger partial charge in [-0.3, -0.25) is 0 Å². The van der Waals surface area contributed by atoms with Gasteiger partial charge in [0, 0.05) is 19.1 Å². The van der Waals surface area contributed by atoms with E-state index >= 15 is 0 Å². The molecule has 2 atom stereocenters. The zero-order valence-corrected chi connectivity index (χ0v) is 11.7. The molecule has 0 radical (unpaired) electrons. The summed E-state index contributed by atoms with van der Waals surface area (Å²) in [6.45, 7) is 8.24. The molecule has 2 nitrogen and oxygen atoms in total. The summed E-state index contributed by atoms with van der Waals surface area (Å²) in [6.07, 6.45) is 8.55. The molecule has 2 N–H and O–H groups in total. The molecule has 0 spiro atoms. The zero-order valence-electron chi connectivity index (χ0n) is 11.7.